The molecule has 1 aromatic rings. The number of piperidine rings is 1. The molecule has 19 heavy (non-hydrogen) atoms. The van der Waals surface area contributed by atoms with Crippen molar-refractivity contribution in [3.63, 3.8) is 0 Å². The molecule has 0 aromatic heterocycles. The Bertz CT molecular complexity index is 432. The number of amides is 1. The van der Waals surface area contributed by atoms with E-state index >= 15 is 0 Å². The molecule has 5 heteroatoms. The second-order valence-corrected chi connectivity index (χ2v) is 4.94. The fraction of sp³-hybridized carbons (Fsp3) is 0.500. The number of hydrogen-bond acceptors (Lipinski definition) is 3. The first-order valence-electron chi connectivity index (χ1n) is 6.63. The molecule has 1 amide bonds. The second-order valence-electron chi connectivity index (χ2n) is 4.94. The smallest absolute Gasteiger partial charge is 0.231 e. The topological polar surface area (TPSA) is 58.4 Å². The predicted octanol–water partition coefficient (Wildman–Crippen LogP) is 0.865. The summed E-state index contributed by atoms with van der Waals surface area (Å²) < 4.78 is 13.7. The molecule has 1 aliphatic heterocycles. The van der Waals surface area contributed by atoms with E-state index in [2.05, 4.69) is 5.32 Å². The Labute approximate surface area is 112 Å². The summed E-state index contributed by atoms with van der Waals surface area (Å²) in [6.45, 7) is 2.47. The Morgan fingerprint density at radius 1 is 1.37 bits per heavy atom. The van der Waals surface area contributed by atoms with Crippen LogP contribution in [0, 0.1) is 5.82 Å². The summed E-state index contributed by atoms with van der Waals surface area (Å²) in [5, 5.41) is 3.28. The zero-order valence-electron chi connectivity index (χ0n) is 10.9. The molecule has 0 saturated carbocycles. The number of nitrogens with two attached hydrogens (primary N) is 1. The van der Waals surface area contributed by atoms with Crippen molar-refractivity contribution in [2.45, 2.75) is 25.4 Å². The van der Waals surface area contributed by atoms with Gasteiger partial charge in [-0.25, -0.2) is 4.39 Å². The summed E-state index contributed by atoms with van der Waals surface area (Å²) in [6, 6.07) is 6.96. The quantitative estimate of drug-likeness (QED) is 0.830. The molecular formula is C14H20FN3O. The minimum Gasteiger partial charge on any atom is -0.369 e. The van der Waals surface area contributed by atoms with Gasteiger partial charge < -0.3 is 11.1 Å². The highest BCUT2D eigenvalue weighted by atomic mass is 19.1. The van der Waals surface area contributed by atoms with Gasteiger partial charge in [0.2, 0.25) is 5.91 Å². The van der Waals surface area contributed by atoms with Crippen LogP contribution < -0.4 is 11.1 Å². The van der Waals surface area contributed by atoms with Crippen LogP contribution in [0.3, 0.4) is 0 Å². The Morgan fingerprint density at radius 3 is 2.68 bits per heavy atom. The van der Waals surface area contributed by atoms with E-state index in [9.17, 15) is 9.18 Å². The lowest BCUT2D eigenvalue weighted by molar-refractivity contribution is -0.120. The highest BCUT2D eigenvalue weighted by Gasteiger charge is 2.23. The van der Waals surface area contributed by atoms with Gasteiger partial charge in [-0.3, -0.25) is 9.69 Å². The van der Waals surface area contributed by atoms with Gasteiger partial charge in [-0.05, 0) is 32.0 Å². The highest BCUT2D eigenvalue weighted by molar-refractivity contribution is 5.75. The van der Waals surface area contributed by atoms with E-state index in [1.54, 1.807) is 12.1 Å². The summed E-state index contributed by atoms with van der Waals surface area (Å²) in [6.07, 6.45) is 1.92. The molecule has 1 heterocycles. The molecule has 0 atom stereocenters. The first kappa shape index (κ1) is 14.0. The van der Waals surface area contributed by atoms with Crippen LogP contribution in [-0.2, 0) is 11.3 Å². The maximum atomic E-state index is 13.7. The molecule has 0 bridgehead atoms. The third-order valence-corrected chi connectivity index (χ3v) is 3.52. The van der Waals surface area contributed by atoms with Crippen LogP contribution in [0.2, 0.25) is 0 Å². The van der Waals surface area contributed by atoms with E-state index < -0.39 is 0 Å². The van der Waals surface area contributed by atoms with E-state index in [1.165, 1.54) is 6.07 Å². The van der Waals surface area contributed by atoms with Crippen molar-refractivity contribution in [2.24, 2.45) is 5.73 Å². The standard InChI is InChI=1S/C14H20FN3O/c15-13-4-2-1-3-11(13)9-18(10-14(16)19)12-5-7-17-8-6-12/h1-4,12,17H,5-10H2,(H2,16,19). The normalized spacial score (nSPS) is 16.7. The average molecular weight is 265 g/mol. The van der Waals surface area contributed by atoms with E-state index in [0.717, 1.165) is 25.9 Å². The van der Waals surface area contributed by atoms with Crippen molar-refractivity contribution >= 4 is 5.91 Å². The fourth-order valence-corrected chi connectivity index (χ4v) is 2.53. The zero-order valence-corrected chi connectivity index (χ0v) is 10.9. The third kappa shape index (κ3) is 4.01. The number of nitrogens with zero attached hydrogens (tertiary/aromatic N) is 1. The highest BCUT2D eigenvalue weighted by Crippen LogP contribution is 2.17. The summed E-state index contributed by atoms with van der Waals surface area (Å²) in [7, 11) is 0. The molecule has 1 fully saturated rings. The number of nitrogens with one attached hydrogen (secondary N) is 1. The van der Waals surface area contributed by atoms with Crippen molar-refractivity contribution < 1.29 is 9.18 Å². The van der Waals surface area contributed by atoms with Crippen LogP contribution in [0.4, 0.5) is 4.39 Å². The van der Waals surface area contributed by atoms with E-state index in [1.807, 2.05) is 11.0 Å². The van der Waals surface area contributed by atoms with Crippen LogP contribution in [0.15, 0.2) is 24.3 Å². The minimum atomic E-state index is -0.366. The molecule has 1 saturated heterocycles. The molecule has 0 radical (unpaired) electrons. The van der Waals surface area contributed by atoms with Crippen LogP contribution >= 0.6 is 0 Å². The van der Waals surface area contributed by atoms with Crippen molar-refractivity contribution in [3.8, 4) is 0 Å². The van der Waals surface area contributed by atoms with Gasteiger partial charge in [0.05, 0.1) is 6.54 Å². The summed E-state index contributed by atoms with van der Waals surface area (Å²) in [5.41, 5.74) is 5.91. The van der Waals surface area contributed by atoms with Gasteiger partial charge in [0.25, 0.3) is 0 Å². The van der Waals surface area contributed by atoms with E-state index in [-0.39, 0.29) is 24.3 Å². The first-order chi connectivity index (χ1) is 9.16. The Morgan fingerprint density at radius 2 is 2.05 bits per heavy atom. The predicted molar refractivity (Wildman–Crippen MR) is 71.9 cm³/mol. The minimum absolute atomic E-state index is 0.180. The molecular weight excluding hydrogens is 245 g/mol. The number of benzene rings is 1. The molecule has 3 N–H and O–H groups in total. The number of halogens is 1. The number of carbonyl (C=O) groups is 1. The molecule has 104 valence electrons. The van der Waals surface area contributed by atoms with Gasteiger partial charge in [0, 0.05) is 18.2 Å². The van der Waals surface area contributed by atoms with Gasteiger partial charge >= 0.3 is 0 Å². The Balaban J connectivity index is 2.08. The lowest BCUT2D eigenvalue weighted by Gasteiger charge is -2.33. The molecule has 2 rings (SSSR count). The Kier molecular flexibility index (Phi) is 4.87. The van der Waals surface area contributed by atoms with Crippen molar-refractivity contribution in [2.75, 3.05) is 19.6 Å². The monoisotopic (exact) mass is 265 g/mol. The van der Waals surface area contributed by atoms with Gasteiger partial charge in [-0.2, -0.15) is 0 Å². The molecule has 0 spiro atoms. The van der Waals surface area contributed by atoms with E-state index in [4.69, 9.17) is 5.73 Å². The molecule has 4 nitrogen and oxygen atoms in total. The van der Waals surface area contributed by atoms with Crippen molar-refractivity contribution in [1.29, 1.82) is 0 Å². The average Bonchev–Trinajstić information content (AvgIpc) is 2.41. The third-order valence-electron chi connectivity index (χ3n) is 3.52. The molecule has 1 aliphatic rings. The largest absolute Gasteiger partial charge is 0.369 e. The molecule has 0 unspecified atom stereocenters. The summed E-state index contributed by atoms with van der Waals surface area (Å²) >= 11 is 0. The van der Waals surface area contributed by atoms with Crippen LogP contribution in [-0.4, -0.2) is 36.5 Å². The van der Waals surface area contributed by atoms with E-state index in [0.29, 0.717) is 12.1 Å². The fourth-order valence-electron chi connectivity index (χ4n) is 2.53. The second kappa shape index (κ2) is 6.63. The van der Waals surface area contributed by atoms with Crippen molar-refractivity contribution in [3.05, 3.63) is 35.6 Å². The maximum absolute atomic E-state index is 13.7. The summed E-state index contributed by atoms with van der Waals surface area (Å²) in [4.78, 5) is 13.2. The molecule has 0 aliphatic carbocycles. The lowest BCUT2D eigenvalue weighted by atomic mass is 10.0. The SMILES string of the molecule is NC(=O)CN(Cc1ccccc1F)C1CCNCC1. The maximum Gasteiger partial charge on any atom is 0.231 e. The number of primary amides is 1. The number of rotatable bonds is 5. The first-order valence-corrected chi connectivity index (χ1v) is 6.63. The van der Waals surface area contributed by atoms with Gasteiger partial charge in [-0.15, -0.1) is 0 Å². The van der Waals surface area contributed by atoms with Gasteiger partial charge in [-0.1, -0.05) is 18.2 Å². The number of carbonyl (C=O) groups excluding carboxylic acids is 1. The zero-order chi connectivity index (χ0) is 13.7. The Hall–Kier alpha value is -1.46. The van der Waals surface area contributed by atoms with Crippen molar-refractivity contribution in [1.82, 2.24) is 10.2 Å². The number of hydrogen-bond donors (Lipinski definition) is 2. The van der Waals surface area contributed by atoms with Crippen LogP contribution in [0.1, 0.15) is 18.4 Å². The summed E-state index contributed by atoms with van der Waals surface area (Å²) in [5.74, 6) is -0.597. The molecule has 1 aromatic carbocycles. The van der Waals surface area contributed by atoms with Crippen LogP contribution in [0.25, 0.3) is 0 Å². The van der Waals surface area contributed by atoms with Gasteiger partial charge in [0.15, 0.2) is 0 Å². The van der Waals surface area contributed by atoms with Gasteiger partial charge in [0.1, 0.15) is 5.82 Å². The van der Waals surface area contributed by atoms with Crippen LogP contribution in [0.5, 0.6) is 0 Å². The lowest BCUT2D eigenvalue weighted by Crippen LogP contribution is -2.46.